The number of hydrogen-bond donors (Lipinski definition) is 3. The minimum atomic E-state index is -0.789. The van der Waals surface area contributed by atoms with Crippen molar-refractivity contribution in [3.05, 3.63) is 0 Å². The molecule has 56 valence electrons. The Labute approximate surface area is 55.5 Å². The van der Waals surface area contributed by atoms with Crippen molar-refractivity contribution < 1.29 is 10.2 Å². The molecule has 0 rings (SSSR count). The number of rotatable bonds is 4. The van der Waals surface area contributed by atoms with Crippen molar-refractivity contribution >= 4 is 0 Å². The molecule has 0 aliphatic carbocycles. The largest absolute Gasteiger partial charge is 0.396 e. The summed E-state index contributed by atoms with van der Waals surface area (Å²) in [6.07, 6.45) is 1.18. The molecule has 0 aliphatic rings. The second-order valence-corrected chi connectivity index (χ2v) is 2.53. The smallest absolute Gasteiger partial charge is 0.0742 e. The number of hydrogen-bond acceptors (Lipinski definition) is 3. The fraction of sp³-hybridized carbons (Fsp3) is 1.00. The second kappa shape index (κ2) is 3.82. The summed E-state index contributed by atoms with van der Waals surface area (Å²) in [5, 5.41) is 17.6. The highest BCUT2D eigenvalue weighted by Gasteiger charge is 2.16. The van der Waals surface area contributed by atoms with Gasteiger partial charge >= 0.3 is 0 Å². The van der Waals surface area contributed by atoms with Crippen molar-refractivity contribution in [1.82, 2.24) is 0 Å². The molecule has 0 aromatic rings. The van der Waals surface area contributed by atoms with Crippen LogP contribution in [0.3, 0.4) is 0 Å². The van der Waals surface area contributed by atoms with E-state index >= 15 is 0 Å². The molecule has 0 bridgehead atoms. The van der Waals surface area contributed by atoms with E-state index in [1.54, 1.807) is 6.92 Å². The lowest BCUT2D eigenvalue weighted by molar-refractivity contribution is 0.0524. The highest BCUT2D eigenvalue weighted by molar-refractivity contribution is 4.72. The molecule has 3 nitrogen and oxygen atoms in total. The standard InChI is InChI=1S/C6H15NO2/c1-6(9,5-7)3-2-4-8/h8-9H,2-5,7H2,1H3/t6-/m1/s1. The minimum absolute atomic E-state index is 0.121. The van der Waals surface area contributed by atoms with Crippen LogP contribution in [0.5, 0.6) is 0 Å². The van der Waals surface area contributed by atoms with Crippen LogP contribution in [-0.2, 0) is 0 Å². The zero-order valence-electron chi connectivity index (χ0n) is 5.80. The van der Waals surface area contributed by atoms with Gasteiger partial charge in [0.2, 0.25) is 0 Å². The van der Waals surface area contributed by atoms with Gasteiger partial charge in [-0.05, 0) is 19.8 Å². The first-order chi connectivity index (χ1) is 4.12. The Balaban J connectivity index is 3.33. The molecule has 0 aromatic heterocycles. The molecule has 4 N–H and O–H groups in total. The van der Waals surface area contributed by atoms with E-state index in [-0.39, 0.29) is 13.2 Å². The van der Waals surface area contributed by atoms with Crippen molar-refractivity contribution in [3.63, 3.8) is 0 Å². The van der Waals surface area contributed by atoms with E-state index in [1.807, 2.05) is 0 Å². The molecular weight excluding hydrogens is 118 g/mol. The lowest BCUT2D eigenvalue weighted by atomic mass is 10.0. The fourth-order valence-corrected chi connectivity index (χ4v) is 0.562. The lowest BCUT2D eigenvalue weighted by Gasteiger charge is -2.19. The highest BCUT2D eigenvalue weighted by atomic mass is 16.3. The summed E-state index contributed by atoms with van der Waals surface area (Å²) in [4.78, 5) is 0. The van der Waals surface area contributed by atoms with Gasteiger partial charge in [-0.1, -0.05) is 0 Å². The first-order valence-corrected chi connectivity index (χ1v) is 3.16. The molecule has 0 heterocycles. The Kier molecular flexibility index (Phi) is 3.77. The molecule has 0 spiro atoms. The van der Waals surface area contributed by atoms with Crippen LogP contribution < -0.4 is 5.73 Å². The zero-order chi connectivity index (χ0) is 7.33. The third-order valence-corrected chi connectivity index (χ3v) is 1.31. The fourth-order valence-electron chi connectivity index (χ4n) is 0.562. The quantitative estimate of drug-likeness (QED) is 0.483. The van der Waals surface area contributed by atoms with Crippen molar-refractivity contribution in [2.24, 2.45) is 5.73 Å². The van der Waals surface area contributed by atoms with E-state index in [0.29, 0.717) is 12.8 Å². The van der Waals surface area contributed by atoms with E-state index in [9.17, 15) is 5.11 Å². The van der Waals surface area contributed by atoms with Gasteiger partial charge in [-0.15, -0.1) is 0 Å². The maximum atomic E-state index is 9.22. The summed E-state index contributed by atoms with van der Waals surface area (Å²) >= 11 is 0. The van der Waals surface area contributed by atoms with Gasteiger partial charge in [0.15, 0.2) is 0 Å². The van der Waals surface area contributed by atoms with Crippen molar-refractivity contribution in [2.75, 3.05) is 13.2 Å². The molecule has 0 aromatic carbocycles. The Morgan fingerprint density at radius 3 is 2.44 bits per heavy atom. The number of aliphatic hydroxyl groups is 2. The van der Waals surface area contributed by atoms with E-state index in [0.717, 1.165) is 0 Å². The molecule has 0 amide bonds. The monoisotopic (exact) mass is 133 g/mol. The van der Waals surface area contributed by atoms with Gasteiger partial charge in [-0.25, -0.2) is 0 Å². The number of aliphatic hydroxyl groups excluding tert-OH is 1. The Bertz CT molecular complexity index is 73.5. The third kappa shape index (κ3) is 4.39. The van der Waals surface area contributed by atoms with Crippen molar-refractivity contribution in [1.29, 1.82) is 0 Å². The van der Waals surface area contributed by atoms with Crippen molar-refractivity contribution in [2.45, 2.75) is 25.4 Å². The molecule has 0 unspecified atom stereocenters. The SMILES string of the molecule is C[C@](O)(CN)CCCO. The van der Waals surface area contributed by atoms with Crippen LogP contribution in [0, 0.1) is 0 Å². The van der Waals surface area contributed by atoms with Crippen LogP contribution in [0.2, 0.25) is 0 Å². The predicted octanol–water partition coefficient (Wildman–Crippen LogP) is -0.531. The Morgan fingerprint density at radius 2 is 2.11 bits per heavy atom. The van der Waals surface area contributed by atoms with Gasteiger partial charge in [-0.3, -0.25) is 0 Å². The maximum absolute atomic E-state index is 9.22. The summed E-state index contributed by atoms with van der Waals surface area (Å²) in [6, 6.07) is 0. The van der Waals surface area contributed by atoms with Crippen molar-refractivity contribution in [3.8, 4) is 0 Å². The molecule has 0 radical (unpaired) electrons. The first-order valence-electron chi connectivity index (χ1n) is 3.16. The molecule has 1 atom stereocenters. The van der Waals surface area contributed by atoms with Gasteiger partial charge in [-0.2, -0.15) is 0 Å². The van der Waals surface area contributed by atoms with Crippen LogP contribution in [0.1, 0.15) is 19.8 Å². The molecule has 3 heteroatoms. The Morgan fingerprint density at radius 1 is 1.56 bits per heavy atom. The van der Waals surface area contributed by atoms with Gasteiger partial charge in [0.25, 0.3) is 0 Å². The summed E-state index contributed by atoms with van der Waals surface area (Å²) < 4.78 is 0. The first kappa shape index (κ1) is 8.88. The van der Waals surface area contributed by atoms with Crippen LogP contribution in [0.15, 0.2) is 0 Å². The molecule has 0 saturated heterocycles. The average molecular weight is 133 g/mol. The average Bonchev–Trinajstić information content (AvgIpc) is 1.84. The van der Waals surface area contributed by atoms with Gasteiger partial charge in [0.05, 0.1) is 5.60 Å². The summed E-state index contributed by atoms with van der Waals surface area (Å²) in [5.74, 6) is 0. The Hall–Kier alpha value is -0.120. The van der Waals surface area contributed by atoms with Crippen LogP contribution in [-0.4, -0.2) is 29.0 Å². The van der Waals surface area contributed by atoms with Gasteiger partial charge in [0.1, 0.15) is 0 Å². The van der Waals surface area contributed by atoms with Gasteiger partial charge < -0.3 is 15.9 Å². The summed E-state index contributed by atoms with van der Waals surface area (Å²) in [7, 11) is 0. The maximum Gasteiger partial charge on any atom is 0.0742 e. The van der Waals surface area contributed by atoms with E-state index in [4.69, 9.17) is 10.8 Å². The van der Waals surface area contributed by atoms with Crippen LogP contribution in [0.25, 0.3) is 0 Å². The molecule has 0 fully saturated rings. The summed E-state index contributed by atoms with van der Waals surface area (Å²) in [5.41, 5.74) is 4.43. The van der Waals surface area contributed by atoms with Gasteiger partial charge in [0, 0.05) is 13.2 Å². The second-order valence-electron chi connectivity index (χ2n) is 2.53. The minimum Gasteiger partial charge on any atom is -0.396 e. The molecule has 0 saturated carbocycles. The number of nitrogens with two attached hydrogens (primary N) is 1. The predicted molar refractivity (Wildman–Crippen MR) is 36.0 cm³/mol. The van der Waals surface area contributed by atoms with E-state index in [2.05, 4.69) is 0 Å². The molecule has 0 aliphatic heterocycles. The highest BCUT2D eigenvalue weighted by Crippen LogP contribution is 2.08. The zero-order valence-corrected chi connectivity index (χ0v) is 5.80. The lowest BCUT2D eigenvalue weighted by Crippen LogP contribution is -2.34. The summed E-state index contributed by atoms with van der Waals surface area (Å²) in [6.45, 7) is 2.05. The normalized spacial score (nSPS) is 17.3. The van der Waals surface area contributed by atoms with Crippen LogP contribution in [0.4, 0.5) is 0 Å². The van der Waals surface area contributed by atoms with Crippen LogP contribution >= 0.6 is 0 Å². The molecular formula is C6H15NO2. The van der Waals surface area contributed by atoms with E-state index in [1.165, 1.54) is 0 Å². The topological polar surface area (TPSA) is 66.5 Å². The van der Waals surface area contributed by atoms with E-state index < -0.39 is 5.60 Å². The third-order valence-electron chi connectivity index (χ3n) is 1.31. The molecule has 9 heavy (non-hydrogen) atoms.